The summed E-state index contributed by atoms with van der Waals surface area (Å²) in [6.45, 7) is 0. The van der Waals surface area contributed by atoms with Crippen LogP contribution in [0, 0.1) is 17.3 Å². The largest absolute Gasteiger partial charge is 0.356 e. The van der Waals surface area contributed by atoms with Crippen LogP contribution in [-0.4, -0.2) is 41.0 Å². The number of hydrogen-bond acceptors (Lipinski definition) is 4. The Bertz CT molecular complexity index is 261. The first kappa shape index (κ1) is 14.3. The summed E-state index contributed by atoms with van der Waals surface area (Å²) in [5.74, 6) is 1.18. The third kappa shape index (κ3) is 2.20. The Labute approximate surface area is 110 Å². The van der Waals surface area contributed by atoms with Gasteiger partial charge < -0.3 is 18.9 Å². The molecule has 1 unspecified atom stereocenters. The predicted molar refractivity (Wildman–Crippen MR) is 68.1 cm³/mol. The van der Waals surface area contributed by atoms with Crippen LogP contribution in [0.3, 0.4) is 0 Å². The number of rotatable bonds is 6. The fourth-order valence-electron chi connectivity index (χ4n) is 4.29. The average molecular weight is 258 g/mol. The summed E-state index contributed by atoms with van der Waals surface area (Å²) in [5, 5.41) is 0. The average Bonchev–Trinajstić information content (AvgIpc) is 2.74. The number of hydrogen-bond donors (Lipinski definition) is 0. The van der Waals surface area contributed by atoms with Gasteiger partial charge in [0.15, 0.2) is 12.6 Å². The first-order chi connectivity index (χ1) is 8.71. The summed E-state index contributed by atoms with van der Waals surface area (Å²) in [4.78, 5) is 0. The summed E-state index contributed by atoms with van der Waals surface area (Å²) in [6.07, 6.45) is 5.71. The fourth-order valence-corrected chi connectivity index (χ4v) is 4.29. The lowest BCUT2D eigenvalue weighted by Gasteiger charge is -2.47. The van der Waals surface area contributed by atoms with Crippen LogP contribution in [0.15, 0.2) is 0 Å². The maximum atomic E-state index is 5.60. The van der Waals surface area contributed by atoms with Gasteiger partial charge in [0, 0.05) is 39.8 Å². The molecule has 0 aliphatic heterocycles. The normalized spacial score (nSPS) is 35.7. The highest BCUT2D eigenvalue weighted by molar-refractivity contribution is 5.01. The summed E-state index contributed by atoms with van der Waals surface area (Å²) in [7, 11) is 6.90. The molecule has 0 saturated heterocycles. The maximum absolute atomic E-state index is 5.60. The molecule has 2 fully saturated rings. The molecule has 2 rings (SSSR count). The molecule has 0 aromatic heterocycles. The summed E-state index contributed by atoms with van der Waals surface area (Å²) >= 11 is 0. The summed E-state index contributed by atoms with van der Waals surface area (Å²) < 4.78 is 22.2. The van der Waals surface area contributed by atoms with Gasteiger partial charge in [-0.15, -0.1) is 0 Å². The van der Waals surface area contributed by atoms with E-state index < -0.39 is 0 Å². The topological polar surface area (TPSA) is 36.9 Å². The molecular formula is C14H26O4. The molecule has 4 heteroatoms. The lowest BCUT2D eigenvalue weighted by atomic mass is 9.66. The van der Waals surface area contributed by atoms with Gasteiger partial charge in [-0.25, -0.2) is 0 Å². The molecule has 2 bridgehead atoms. The quantitative estimate of drug-likeness (QED) is 0.686. The third-order valence-corrected chi connectivity index (χ3v) is 5.00. The first-order valence-electron chi connectivity index (χ1n) is 6.83. The van der Waals surface area contributed by atoms with E-state index in [1.807, 2.05) is 0 Å². The molecular weight excluding hydrogens is 232 g/mol. The lowest BCUT2D eigenvalue weighted by molar-refractivity contribution is -0.248. The van der Waals surface area contributed by atoms with Crippen molar-refractivity contribution in [3.8, 4) is 0 Å². The van der Waals surface area contributed by atoms with Crippen molar-refractivity contribution in [2.24, 2.45) is 17.3 Å². The van der Waals surface area contributed by atoms with Crippen LogP contribution in [-0.2, 0) is 18.9 Å². The number of fused-ring (bicyclic) bond motifs is 2. The second kappa shape index (κ2) is 5.87. The van der Waals surface area contributed by atoms with E-state index in [1.54, 1.807) is 28.4 Å². The predicted octanol–water partition coefficient (Wildman–Crippen LogP) is 2.42. The highest BCUT2D eigenvalue weighted by atomic mass is 16.7. The van der Waals surface area contributed by atoms with Crippen molar-refractivity contribution in [1.82, 2.24) is 0 Å². The minimum atomic E-state index is -0.156. The van der Waals surface area contributed by atoms with E-state index in [4.69, 9.17) is 18.9 Å². The molecule has 4 nitrogen and oxygen atoms in total. The monoisotopic (exact) mass is 258 g/mol. The Morgan fingerprint density at radius 3 is 2.11 bits per heavy atom. The van der Waals surface area contributed by atoms with Gasteiger partial charge in [-0.1, -0.05) is 0 Å². The molecule has 0 aromatic carbocycles. The van der Waals surface area contributed by atoms with Crippen LogP contribution in [0.5, 0.6) is 0 Å². The van der Waals surface area contributed by atoms with Gasteiger partial charge in [-0.05, 0) is 38.0 Å². The molecule has 0 spiro atoms. The minimum absolute atomic E-state index is 0.0586. The molecule has 2 aliphatic carbocycles. The maximum Gasteiger partial charge on any atom is 0.162 e. The second-order valence-electron chi connectivity index (χ2n) is 5.67. The molecule has 0 aromatic rings. The van der Waals surface area contributed by atoms with E-state index in [9.17, 15) is 0 Å². The van der Waals surface area contributed by atoms with Crippen LogP contribution in [0.1, 0.15) is 32.1 Å². The van der Waals surface area contributed by atoms with Crippen LogP contribution >= 0.6 is 0 Å². The molecule has 0 amide bonds. The molecule has 2 saturated carbocycles. The third-order valence-electron chi connectivity index (χ3n) is 5.00. The second-order valence-corrected chi connectivity index (χ2v) is 5.67. The van der Waals surface area contributed by atoms with E-state index in [-0.39, 0.29) is 18.0 Å². The Morgan fingerprint density at radius 1 is 0.889 bits per heavy atom. The van der Waals surface area contributed by atoms with Crippen molar-refractivity contribution >= 4 is 0 Å². The Kier molecular flexibility index (Phi) is 4.64. The molecule has 0 radical (unpaired) electrons. The number of methoxy groups -OCH3 is 4. The zero-order valence-corrected chi connectivity index (χ0v) is 12.0. The van der Waals surface area contributed by atoms with E-state index in [2.05, 4.69) is 0 Å². The van der Waals surface area contributed by atoms with Gasteiger partial charge >= 0.3 is 0 Å². The zero-order valence-electron chi connectivity index (χ0n) is 12.0. The highest BCUT2D eigenvalue weighted by Crippen LogP contribution is 2.58. The zero-order chi connectivity index (χ0) is 13.2. The minimum Gasteiger partial charge on any atom is -0.356 e. The van der Waals surface area contributed by atoms with Gasteiger partial charge in [-0.3, -0.25) is 0 Å². The Morgan fingerprint density at radius 2 is 1.56 bits per heavy atom. The van der Waals surface area contributed by atoms with Gasteiger partial charge in [0.05, 0.1) is 0 Å². The summed E-state index contributed by atoms with van der Waals surface area (Å²) in [6, 6.07) is 0. The van der Waals surface area contributed by atoms with E-state index in [0.29, 0.717) is 5.92 Å². The van der Waals surface area contributed by atoms with Crippen LogP contribution in [0.4, 0.5) is 0 Å². The molecule has 106 valence electrons. The first-order valence-corrected chi connectivity index (χ1v) is 6.83. The van der Waals surface area contributed by atoms with Crippen molar-refractivity contribution in [3.63, 3.8) is 0 Å². The number of ether oxygens (including phenoxy) is 4. The van der Waals surface area contributed by atoms with Gasteiger partial charge in [0.1, 0.15) is 0 Å². The smallest absolute Gasteiger partial charge is 0.162 e. The molecule has 0 heterocycles. The molecule has 3 atom stereocenters. The van der Waals surface area contributed by atoms with Gasteiger partial charge in [0.2, 0.25) is 0 Å². The Hall–Kier alpha value is -0.160. The van der Waals surface area contributed by atoms with Crippen LogP contribution in [0.25, 0.3) is 0 Å². The fraction of sp³-hybridized carbons (Fsp3) is 1.00. The van der Waals surface area contributed by atoms with Gasteiger partial charge in [0.25, 0.3) is 0 Å². The van der Waals surface area contributed by atoms with Crippen molar-refractivity contribution in [2.45, 2.75) is 44.7 Å². The SMILES string of the molecule is COC(OC)[C@H]1CCC2CC[C@@]1(C(OC)OC)C2. The highest BCUT2D eigenvalue weighted by Gasteiger charge is 2.56. The van der Waals surface area contributed by atoms with Crippen molar-refractivity contribution < 1.29 is 18.9 Å². The standard InChI is InChI=1S/C14H26O4/c1-15-12(16-2)11-6-5-10-7-8-14(11,9-10)13(17-3)18-4/h10-13H,5-9H2,1-4H3/t10?,11-,14-/m1/s1. The van der Waals surface area contributed by atoms with Crippen molar-refractivity contribution in [2.75, 3.05) is 28.4 Å². The van der Waals surface area contributed by atoms with Crippen molar-refractivity contribution in [1.29, 1.82) is 0 Å². The molecule has 2 aliphatic rings. The lowest BCUT2D eigenvalue weighted by Crippen LogP contribution is -2.49. The van der Waals surface area contributed by atoms with E-state index >= 15 is 0 Å². The van der Waals surface area contributed by atoms with Crippen LogP contribution in [0.2, 0.25) is 0 Å². The molecule has 0 N–H and O–H groups in total. The van der Waals surface area contributed by atoms with E-state index in [1.165, 1.54) is 19.3 Å². The molecule has 18 heavy (non-hydrogen) atoms. The summed E-state index contributed by atoms with van der Waals surface area (Å²) in [5.41, 5.74) is 0.0586. The van der Waals surface area contributed by atoms with Crippen LogP contribution < -0.4 is 0 Å². The van der Waals surface area contributed by atoms with E-state index in [0.717, 1.165) is 18.8 Å². The van der Waals surface area contributed by atoms with Crippen molar-refractivity contribution in [3.05, 3.63) is 0 Å². The van der Waals surface area contributed by atoms with Gasteiger partial charge in [-0.2, -0.15) is 0 Å². The Balaban J connectivity index is 2.25.